The average molecular weight is 1980 g/mol. The van der Waals surface area contributed by atoms with Gasteiger partial charge in [0.25, 0.3) is 0 Å². The first-order valence-electron chi connectivity index (χ1n) is 38.6. The SMILES string of the molecule is C.C.C.C.C.C.C.C.c1c[nH]cn1.c1cc2sccc2s1.c1cc[nH]c1.c1ccc2[nH]ccc2c1.c1ccc2[nH]cnc2c1.c1ccc2nccnc2c1.c1ccc2sccc2c1.c1ccncc1.c1ccncc1.c1ccoc1.c1ccsc1.c1cn[nH]c1.c1cn[nH]n1.c1cnccn1.c1cnccn1.c1cncnc1.c1cnoc1.c1cnsc1.c1cocn1.c1cscn1.c1ncncn1. The molecule has 0 amide bonds. The largest absolute Gasteiger partial charge is 0.473 e. The van der Waals surface area contributed by atoms with Crippen LogP contribution in [0.2, 0.25) is 0 Å². The Hall–Kier alpha value is -17.1. The lowest BCUT2D eigenvalue weighted by Gasteiger charge is -1.90. The molecular formula is C102H122N28O3S6. The van der Waals surface area contributed by atoms with E-state index in [9.17, 15) is 0 Å². The van der Waals surface area contributed by atoms with Gasteiger partial charge in [0.1, 0.15) is 37.8 Å². The zero-order valence-corrected chi connectivity index (χ0v) is 74.9. The fraction of sp³-hybridized carbons (Fsp3) is 0.0784. The maximum Gasteiger partial charge on any atom is 0.180 e. The van der Waals surface area contributed by atoms with Crippen molar-refractivity contribution in [2.24, 2.45) is 0 Å². The Morgan fingerprint density at radius 2 is 0.799 bits per heavy atom. The number of rotatable bonds is 0. The van der Waals surface area contributed by atoms with E-state index in [4.69, 9.17) is 0 Å². The smallest absolute Gasteiger partial charge is 0.180 e. The molecule has 22 heterocycles. The first-order valence-corrected chi connectivity index (χ1v) is 43.9. The minimum Gasteiger partial charge on any atom is -0.473 e. The number of oxazole rings is 1. The minimum atomic E-state index is 0. The lowest BCUT2D eigenvalue weighted by molar-refractivity contribution is 0.420. The number of aromatic amines is 6. The van der Waals surface area contributed by atoms with Crippen molar-refractivity contribution >= 4 is 121 Å². The van der Waals surface area contributed by atoms with Crippen molar-refractivity contribution in [1.82, 2.24) is 140 Å². The molecule has 4 aromatic carbocycles. The van der Waals surface area contributed by atoms with Crippen LogP contribution >= 0.6 is 68.2 Å². The van der Waals surface area contributed by atoms with Gasteiger partial charge in [-0.3, -0.25) is 50.0 Å². The number of aromatic nitrogens is 28. The number of imidazole rings is 2. The number of benzene rings is 4. The number of pyridine rings is 2. The van der Waals surface area contributed by atoms with Gasteiger partial charge in [-0.2, -0.15) is 31.8 Å². The second-order valence-electron chi connectivity index (χ2n) is 22.5. The van der Waals surface area contributed by atoms with Crippen LogP contribution in [0.4, 0.5) is 0 Å². The van der Waals surface area contributed by atoms with Gasteiger partial charge in [-0.15, -0.1) is 45.3 Å². The van der Waals surface area contributed by atoms with E-state index in [1.807, 2.05) is 186 Å². The van der Waals surface area contributed by atoms with E-state index < -0.39 is 0 Å². The van der Waals surface area contributed by atoms with Crippen molar-refractivity contribution in [3.05, 3.63) is 511 Å². The molecule has 22 aromatic heterocycles. The quantitative estimate of drug-likeness (QED) is 0.0821. The molecule has 31 nitrogen and oxygen atoms in total. The van der Waals surface area contributed by atoms with Crippen LogP contribution in [-0.4, -0.2) is 140 Å². The van der Waals surface area contributed by atoms with Crippen molar-refractivity contribution in [2.75, 3.05) is 0 Å². The van der Waals surface area contributed by atoms with Gasteiger partial charge < -0.3 is 33.3 Å². The third-order valence-electron chi connectivity index (χ3n) is 13.4. The molecule has 139 heavy (non-hydrogen) atoms. The normalized spacial score (nSPS) is 8.26. The van der Waals surface area contributed by atoms with E-state index in [1.165, 1.54) is 86.2 Å². The summed E-state index contributed by atoms with van der Waals surface area (Å²) in [5.74, 6) is 0. The summed E-state index contributed by atoms with van der Waals surface area (Å²) in [6.45, 7) is 0. The van der Waals surface area contributed by atoms with Gasteiger partial charge in [0.2, 0.25) is 0 Å². The Kier molecular flexibility index (Phi) is 87.9. The third kappa shape index (κ3) is 72.2. The molecule has 26 rings (SSSR count). The highest BCUT2D eigenvalue weighted by molar-refractivity contribution is 7.25. The van der Waals surface area contributed by atoms with Crippen LogP contribution in [0.3, 0.4) is 0 Å². The summed E-state index contributed by atoms with van der Waals surface area (Å²) in [5.41, 5.74) is 7.02. The highest BCUT2D eigenvalue weighted by Gasteiger charge is 1.93. The molecule has 6 N–H and O–H groups in total. The number of nitrogens with one attached hydrogen (secondary N) is 6. The number of furan rings is 1. The average Bonchev–Trinajstić information content (AvgIpc) is 1.66. The van der Waals surface area contributed by atoms with Crippen LogP contribution in [0.15, 0.2) is 524 Å². The van der Waals surface area contributed by atoms with E-state index >= 15 is 0 Å². The topological polar surface area (TPSA) is 418 Å². The summed E-state index contributed by atoms with van der Waals surface area (Å²) in [4.78, 5) is 75.5. The summed E-state index contributed by atoms with van der Waals surface area (Å²) in [7, 11) is 0. The zero-order valence-electron chi connectivity index (χ0n) is 70.0. The van der Waals surface area contributed by atoms with Gasteiger partial charge in [-0.05, 0) is 183 Å². The molecule has 0 aliphatic heterocycles. The summed E-state index contributed by atoms with van der Waals surface area (Å²) in [5, 5.41) is 35.8. The Morgan fingerprint density at radius 1 is 0.252 bits per heavy atom. The van der Waals surface area contributed by atoms with Crippen LogP contribution < -0.4 is 0 Å². The molecule has 0 saturated heterocycles. The molecule has 0 saturated carbocycles. The lowest BCUT2D eigenvalue weighted by Crippen LogP contribution is -1.78. The molecule has 37 heteroatoms. The van der Waals surface area contributed by atoms with Gasteiger partial charge >= 0.3 is 0 Å². The molecule has 0 aliphatic rings. The highest BCUT2D eigenvalue weighted by atomic mass is 32.1. The first kappa shape index (κ1) is 126. The Morgan fingerprint density at radius 3 is 1.12 bits per heavy atom. The number of fused-ring (bicyclic) bond motifs is 5. The number of thiophene rings is 4. The lowest BCUT2D eigenvalue weighted by atomic mass is 10.3. The van der Waals surface area contributed by atoms with E-state index in [1.54, 1.807) is 261 Å². The van der Waals surface area contributed by atoms with Crippen molar-refractivity contribution in [3.8, 4) is 0 Å². The Bertz CT molecular complexity index is 4970. The number of thiazole rings is 1. The maximum absolute atomic E-state index is 4.58. The predicted octanol–water partition coefficient (Wildman–Crippen LogP) is 28.1. The molecule has 26 aromatic rings. The molecular weight excluding hydrogens is 1860 g/mol. The molecule has 0 aliphatic carbocycles. The Balaban J connectivity index is -0.00000140. The number of nitrogens with zero attached hydrogens (tertiary/aromatic N) is 22. The predicted molar refractivity (Wildman–Crippen MR) is 578 cm³/mol. The molecule has 0 bridgehead atoms. The van der Waals surface area contributed by atoms with E-state index in [0.29, 0.717) is 0 Å². The monoisotopic (exact) mass is 1980 g/mol. The second kappa shape index (κ2) is 96.9. The van der Waals surface area contributed by atoms with Crippen LogP contribution in [0.1, 0.15) is 59.4 Å². The van der Waals surface area contributed by atoms with Crippen LogP contribution in [0.25, 0.3) is 52.5 Å². The van der Waals surface area contributed by atoms with Gasteiger partial charge in [0.15, 0.2) is 6.39 Å². The minimum absolute atomic E-state index is 0. The second-order valence-corrected chi connectivity index (χ2v) is 27.6. The third-order valence-corrected chi connectivity index (χ3v) is 17.9. The fourth-order valence-electron chi connectivity index (χ4n) is 8.01. The molecule has 0 fully saturated rings. The molecule has 0 radical (unpaired) electrons. The Labute approximate surface area is 837 Å². The van der Waals surface area contributed by atoms with Crippen LogP contribution in [0, 0.1) is 0 Å². The number of hydrogen-bond donors (Lipinski definition) is 6. The summed E-state index contributed by atoms with van der Waals surface area (Å²) in [6.07, 6.45) is 66.2. The summed E-state index contributed by atoms with van der Waals surface area (Å²) < 4.78 is 21.3. The maximum atomic E-state index is 4.58. The van der Waals surface area contributed by atoms with Crippen molar-refractivity contribution in [1.29, 1.82) is 0 Å². The molecule has 0 spiro atoms. The zero-order chi connectivity index (χ0) is 91.3. The van der Waals surface area contributed by atoms with Gasteiger partial charge in [0.05, 0.1) is 77.5 Å². The molecule has 0 unspecified atom stereocenters. The standard InChI is InChI=1S/C8H6N2.C8H7N.C8H6S.C7H6N2.C6H4S2.2C5H5N.3C4H4N2.C4H5N.C4H4O.C4H4S.C3H3N3.2C3H4N2.2C3H3NO.2C3H3NS.C2H3N3.8CH4/c1-2-4-8-7(3-1)9-5-6-10-8;2*1-2-4-8-7(3-1)5-6-9-8;1-2-4-7-6(3-1)8-5-9-7;1-3-7-6-2-4-8-5(1)6;2*1-2-4-6-5-3-1;2*1-2-6-4-3-5-1;1-2-5-4-6-3-1;3*1-2-4-5-3-1;1-4-2-6-3-5-1;1-2-5-3-4-1;1-2-4-5-3-1;1-2-5-3-4-1;1-2-4-5-3-1;1-2-5-3-4-1;2*1-2-4-5-3-1;;;;;;;;/h1-6H;1-6,9H;1-6H;1-5H,(H,8,9);1-4H;2*1-5H;3*1-4H;1-5H;2*1-4H;1-3H;2*1-3H,(H,4,5);4*1-3H;1-2H,(H,3,4,5);8*1H4. The summed E-state index contributed by atoms with van der Waals surface area (Å²) in [6, 6.07) is 71.1. The van der Waals surface area contributed by atoms with E-state index in [-0.39, 0.29) is 59.4 Å². The van der Waals surface area contributed by atoms with Crippen LogP contribution in [0.5, 0.6) is 0 Å². The van der Waals surface area contributed by atoms with Crippen molar-refractivity contribution in [2.45, 2.75) is 59.4 Å². The molecule has 0 atom stereocenters. The van der Waals surface area contributed by atoms with Crippen molar-refractivity contribution < 1.29 is 13.4 Å². The van der Waals surface area contributed by atoms with Gasteiger partial charge in [-0.1, -0.05) is 149 Å². The van der Waals surface area contributed by atoms with Crippen LogP contribution in [-0.2, 0) is 0 Å². The number of H-pyrrole nitrogens is 6. The fourth-order valence-corrected chi connectivity index (χ4v) is 11.8. The summed E-state index contributed by atoms with van der Waals surface area (Å²) >= 11 is 10.2. The number of para-hydroxylation sites is 5. The number of hydrogen-bond acceptors (Lipinski definition) is 31. The molecule has 724 valence electrons. The van der Waals surface area contributed by atoms with E-state index in [2.05, 4.69) is 230 Å². The first-order chi connectivity index (χ1) is 65.3. The van der Waals surface area contributed by atoms with Gasteiger partial charge in [-0.25, -0.2) is 44.2 Å². The van der Waals surface area contributed by atoms with Gasteiger partial charge in [0, 0.05) is 185 Å². The highest BCUT2D eigenvalue weighted by Crippen LogP contribution is 2.25. The van der Waals surface area contributed by atoms with E-state index in [0.717, 1.165) is 22.1 Å². The van der Waals surface area contributed by atoms with Crippen molar-refractivity contribution in [3.63, 3.8) is 0 Å².